The van der Waals surface area contributed by atoms with Crippen LogP contribution < -0.4 is 0 Å². The van der Waals surface area contributed by atoms with Crippen LogP contribution in [0.2, 0.25) is 0 Å². The van der Waals surface area contributed by atoms with Crippen LogP contribution in [0, 0.1) is 0 Å². The van der Waals surface area contributed by atoms with Crippen molar-refractivity contribution in [2.75, 3.05) is 0 Å². The van der Waals surface area contributed by atoms with Gasteiger partial charge in [-0.25, -0.2) is 9.97 Å². The van der Waals surface area contributed by atoms with Crippen LogP contribution in [0.1, 0.15) is 0 Å². The molecule has 0 amide bonds. The molecule has 262 valence electrons. The van der Waals surface area contributed by atoms with Crippen molar-refractivity contribution in [2.24, 2.45) is 0 Å². The van der Waals surface area contributed by atoms with Gasteiger partial charge in [-0.2, -0.15) is 0 Å². The Balaban J connectivity index is 1.16. The summed E-state index contributed by atoms with van der Waals surface area (Å²) in [6, 6.07) is 73.2. The summed E-state index contributed by atoms with van der Waals surface area (Å²) in [5.41, 5.74) is 14.1. The van der Waals surface area contributed by atoms with Gasteiger partial charge >= 0.3 is 0 Å². The van der Waals surface area contributed by atoms with Crippen LogP contribution in [0.25, 0.3) is 100 Å². The van der Waals surface area contributed by atoms with E-state index in [2.05, 4.69) is 191 Å². The molecular formula is C52H34N4. The Morgan fingerprint density at radius 2 is 0.839 bits per heavy atom. The minimum absolute atomic E-state index is 0.703. The highest BCUT2D eigenvalue weighted by Gasteiger charge is 2.21. The second-order valence-corrected chi connectivity index (χ2v) is 14.2. The number of fused-ring (bicyclic) bond motifs is 6. The van der Waals surface area contributed by atoms with Crippen LogP contribution in [-0.4, -0.2) is 19.1 Å². The van der Waals surface area contributed by atoms with E-state index in [4.69, 9.17) is 9.97 Å². The van der Waals surface area contributed by atoms with Gasteiger partial charge in [0.2, 0.25) is 0 Å². The van der Waals surface area contributed by atoms with Crippen LogP contribution in [0.3, 0.4) is 0 Å². The topological polar surface area (TPSA) is 35.6 Å². The molecule has 0 aliphatic carbocycles. The maximum atomic E-state index is 5.18. The minimum Gasteiger partial charge on any atom is -0.309 e. The predicted molar refractivity (Wildman–Crippen MR) is 232 cm³/mol. The number of nitrogens with zero attached hydrogens (tertiary/aromatic N) is 4. The average Bonchev–Trinajstić information content (AvgIpc) is 3.81. The number of hydrogen-bond acceptors (Lipinski definition) is 2. The molecule has 3 aromatic heterocycles. The van der Waals surface area contributed by atoms with E-state index >= 15 is 0 Å². The van der Waals surface area contributed by atoms with Gasteiger partial charge in [0.05, 0.1) is 33.5 Å². The highest BCUT2D eigenvalue weighted by atomic mass is 15.0. The lowest BCUT2D eigenvalue weighted by atomic mass is 9.97. The van der Waals surface area contributed by atoms with Gasteiger partial charge < -0.3 is 9.13 Å². The van der Waals surface area contributed by atoms with Gasteiger partial charge in [0.1, 0.15) is 0 Å². The van der Waals surface area contributed by atoms with Crippen LogP contribution >= 0.6 is 0 Å². The fraction of sp³-hybridized carbons (Fsp3) is 0. The quantitative estimate of drug-likeness (QED) is 0.172. The second-order valence-electron chi connectivity index (χ2n) is 14.2. The molecule has 0 atom stereocenters. The zero-order valence-electron chi connectivity index (χ0n) is 30.4. The molecule has 0 spiro atoms. The Bertz CT molecular complexity index is 3170. The highest BCUT2D eigenvalue weighted by molar-refractivity contribution is 6.20. The first-order valence-corrected chi connectivity index (χ1v) is 19.0. The number of aromatic nitrogens is 4. The van der Waals surface area contributed by atoms with E-state index in [0.717, 1.165) is 45.0 Å². The van der Waals surface area contributed by atoms with E-state index in [9.17, 15) is 0 Å². The van der Waals surface area contributed by atoms with Gasteiger partial charge in [-0.3, -0.25) is 0 Å². The Morgan fingerprint density at radius 1 is 0.321 bits per heavy atom. The van der Waals surface area contributed by atoms with Gasteiger partial charge in [0, 0.05) is 55.2 Å². The summed E-state index contributed by atoms with van der Waals surface area (Å²) in [7, 11) is 0. The van der Waals surface area contributed by atoms with Crippen molar-refractivity contribution in [3.63, 3.8) is 0 Å². The summed E-state index contributed by atoms with van der Waals surface area (Å²) in [5.74, 6) is 0.703. The summed E-state index contributed by atoms with van der Waals surface area (Å²) in [6.45, 7) is 0. The van der Waals surface area contributed by atoms with Crippen molar-refractivity contribution in [3.05, 3.63) is 206 Å². The number of para-hydroxylation sites is 4. The van der Waals surface area contributed by atoms with E-state index in [-0.39, 0.29) is 0 Å². The molecule has 11 rings (SSSR count). The molecule has 0 saturated heterocycles. The molecule has 11 aromatic rings. The van der Waals surface area contributed by atoms with E-state index in [1.807, 2.05) is 24.3 Å². The molecule has 0 bridgehead atoms. The maximum Gasteiger partial charge on any atom is 0.160 e. The van der Waals surface area contributed by atoms with Crippen molar-refractivity contribution in [3.8, 4) is 56.4 Å². The molecule has 0 aliphatic heterocycles. The van der Waals surface area contributed by atoms with E-state index in [1.54, 1.807) is 0 Å². The first-order valence-electron chi connectivity index (χ1n) is 19.0. The van der Waals surface area contributed by atoms with Crippen LogP contribution in [0.4, 0.5) is 0 Å². The average molecular weight is 715 g/mol. The smallest absolute Gasteiger partial charge is 0.160 e. The van der Waals surface area contributed by atoms with Gasteiger partial charge in [-0.15, -0.1) is 0 Å². The Labute approximate surface area is 324 Å². The molecule has 3 heterocycles. The predicted octanol–water partition coefficient (Wildman–Crippen LogP) is 13.3. The number of hydrogen-bond donors (Lipinski definition) is 0. The summed E-state index contributed by atoms with van der Waals surface area (Å²) in [6.07, 6.45) is 0. The van der Waals surface area contributed by atoms with Crippen molar-refractivity contribution in [1.82, 2.24) is 19.1 Å². The highest BCUT2D eigenvalue weighted by Crippen LogP contribution is 2.44. The maximum absolute atomic E-state index is 5.18. The normalized spacial score (nSPS) is 11.6. The van der Waals surface area contributed by atoms with Gasteiger partial charge in [-0.1, -0.05) is 158 Å². The van der Waals surface area contributed by atoms with Gasteiger partial charge in [-0.05, 0) is 54.1 Å². The molecule has 0 fully saturated rings. The van der Waals surface area contributed by atoms with E-state index in [0.29, 0.717) is 5.82 Å². The lowest BCUT2D eigenvalue weighted by Crippen LogP contribution is -1.98. The van der Waals surface area contributed by atoms with Crippen molar-refractivity contribution in [2.45, 2.75) is 0 Å². The molecule has 4 nitrogen and oxygen atoms in total. The molecule has 0 aliphatic rings. The van der Waals surface area contributed by atoms with Crippen molar-refractivity contribution >= 4 is 43.6 Å². The monoisotopic (exact) mass is 714 g/mol. The van der Waals surface area contributed by atoms with Crippen LogP contribution in [-0.2, 0) is 0 Å². The summed E-state index contributed by atoms with van der Waals surface area (Å²) >= 11 is 0. The Morgan fingerprint density at radius 3 is 1.61 bits per heavy atom. The van der Waals surface area contributed by atoms with Gasteiger partial charge in [0.25, 0.3) is 0 Å². The molecule has 0 N–H and O–H groups in total. The zero-order chi connectivity index (χ0) is 37.0. The third kappa shape index (κ3) is 5.15. The molecule has 8 aromatic carbocycles. The first-order chi connectivity index (χ1) is 27.8. The Kier molecular flexibility index (Phi) is 7.46. The second kappa shape index (κ2) is 13.1. The zero-order valence-corrected chi connectivity index (χ0v) is 30.4. The molecule has 0 radical (unpaired) electrons. The molecule has 4 heteroatoms. The Hall–Kier alpha value is -7.56. The number of benzene rings is 8. The van der Waals surface area contributed by atoms with E-state index in [1.165, 1.54) is 49.2 Å². The van der Waals surface area contributed by atoms with Gasteiger partial charge in [0.15, 0.2) is 5.82 Å². The fourth-order valence-electron chi connectivity index (χ4n) is 8.48. The third-order valence-electron chi connectivity index (χ3n) is 10.9. The molecule has 0 unspecified atom stereocenters. The summed E-state index contributed by atoms with van der Waals surface area (Å²) in [4.78, 5) is 10.2. The SMILES string of the molecule is c1ccc(-c2cc(-c3cccc(-n4c5ccccc5c5cccc(-c6cccc7c6c6ccccc6n7-c6ccccc6)c54)c3)nc(-c3ccccc3)n2)cc1. The molecule has 56 heavy (non-hydrogen) atoms. The lowest BCUT2D eigenvalue weighted by Gasteiger charge is -2.15. The first kappa shape index (κ1) is 31.9. The number of rotatable bonds is 6. The third-order valence-corrected chi connectivity index (χ3v) is 10.9. The lowest BCUT2D eigenvalue weighted by molar-refractivity contribution is 1.16. The minimum atomic E-state index is 0.703. The molecular weight excluding hydrogens is 681 g/mol. The standard InChI is InChI=1S/C52H34N4/c1-4-17-35(18-5-1)45-34-46(54-52(53-45)36-19-6-2-7-20-36)37-21-14-24-39(33-37)56-47-30-12-10-25-40(47)42-28-15-29-43(51(42)56)41-27-16-32-49-50(41)44-26-11-13-31-48(44)55(49)38-22-8-3-9-23-38/h1-34H. The fourth-order valence-corrected chi connectivity index (χ4v) is 8.48. The van der Waals surface area contributed by atoms with Crippen molar-refractivity contribution < 1.29 is 0 Å². The van der Waals surface area contributed by atoms with Crippen LogP contribution in [0.5, 0.6) is 0 Å². The van der Waals surface area contributed by atoms with Crippen LogP contribution in [0.15, 0.2) is 206 Å². The van der Waals surface area contributed by atoms with E-state index < -0.39 is 0 Å². The van der Waals surface area contributed by atoms with Crippen molar-refractivity contribution in [1.29, 1.82) is 0 Å². The summed E-state index contributed by atoms with van der Waals surface area (Å²) in [5, 5.41) is 4.91. The molecule has 0 saturated carbocycles. The summed E-state index contributed by atoms with van der Waals surface area (Å²) < 4.78 is 4.83. The largest absolute Gasteiger partial charge is 0.309 e.